The van der Waals surface area contributed by atoms with Gasteiger partial charge in [0.25, 0.3) is 5.91 Å². The van der Waals surface area contributed by atoms with Gasteiger partial charge in [-0.25, -0.2) is 8.78 Å². The monoisotopic (exact) mass is 489 g/mol. The van der Waals surface area contributed by atoms with Crippen LogP contribution >= 0.6 is 0 Å². The zero-order valence-corrected chi connectivity index (χ0v) is 20.2. The number of rotatable bonds is 10. The first-order valence-electron chi connectivity index (χ1n) is 12.1. The minimum absolute atomic E-state index is 0.0981. The Bertz CT molecular complexity index is 1320. The number of nitrogens with one attached hydrogen (secondary N) is 1. The molecule has 0 unspecified atom stereocenters. The molecule has 0 spiro atoms. The normalized spacial score (nSPS) is 11.0. The van der Waals surface area contributed by atoms with Crippen molar-refractivity contribution in [1.29, 1.82) is 0 Å². The lowest BCUT2D eigenvalue weighted by Crippen LogP contribution is -2.43. The molecule has 0 bridgehead atoms. The fraction of sp³-hybridized carbons (Fsp3) is 0.241. The molecule has 1 heterocycles. The largest absolute Gasteiger partial charge is 0.361 e. The Kier molecular flexibility index (Phi) is 8.10. The van der Waals surface area contributed by atoms with Gasteiger partial charge in [-0.2, -0.15) is 0 Å². The molecule has 4 aromatic rings. The molecule has 0 saturated heterocycles. The number of nitrogens with zero attached hydrogens (tertiary/aromatic N) is 2. The summed E-state index contributed by atoms with van der Waals surface area (Å²) >= 11 is 0. The number of carbonyl (C=O) groups excluding carboxylic acids is 2. The second kappa shape index (κ2) is 11.6. The fourth-order valence-electron chi connectivity index (χ4n) is 4.26. The maximum Gasteiger partial charge on any atom is 0.254 e. The molecular formula is C29H29F2N3O2. The van der Waals surface area contributed by atoms with Gasteiger partial charge < -0.3 is 14.8 Å². The highest BCUT2D eigenvalue weighted by molar-refractivity contribution is 5.96. The summed E-state index contributed by atoms with van der Waals surface area (Å²) in [6.45, 7) is 2.96. The van der Waals surface area contributed by atoms with E-state index in [1.807, 2.05) is 37.4 Å². The highest BCUT2D eigenvalue weighted by Gasteiger charge is 2.22. The van der Waals surface area contributed by atoms with Gasteiger partial charge in [0.05, 0.1) is 0 Å². The molecule has 36 heavy (non-hydrogen) atoms. The van der Waals surface area contributed by atoms with Crippen molar-refractivity contribution in [2.24, 2.45) is 0 Å². The predicted molar refractivity (Wildman–Crippen MR) is 136 cm³/mol. The third-order valence-electron chi connectivity index (χ3n) is 6.16. The van der Waals surface area contributed by atoms with Crippen molar-refractivity contribution in [2.75, 3.05) is 19.6 Å². The topological polar surface area (TPSA) is 56.4 Å². The number of carbonyl (C=O) groups is 2. The van der Waals surface area contributed by atoms with Gasteiger partial charge in [0.15, 0.2) is 0 Å². The van der Waals surface area contributed by atoms with Gasteiger partial charge >= 0.3 is 0 Å². The Morgan fingerprint density at radius 3 is 2.19 bits per heavy atom. The van der Waals surface area contributed by atoms with Gasteiger partial charge in [-0.05, 0) is 66.4 Å². The molecule has 2 amide bonds. The van der Waals surface area contributed by atoms with E-state index in [1.54, 1.807) is 17.0 Å². The number of halogens is 2. The van der Waals surface area contributed by atoms with Crippen molar-refractivity contribution in [3.05, 3.63) is 107 Å². The Hall–Kier alpha value is -4.00. The molecule has 7 heteroatoms. The number of hydrogen-bond donors (Lipinski definition) is 1. The Labute approximate surface area is 209 Å². The molecule has 0 saturated carbocycles. The molecule has 3 aromatic carbocycles. The molecule has 0 radical (unpaired) electrons. The van der Waals surface area contributed by atoms with Crippen molar-refractivity contribution >= 4 is 22.7 Å². The lowest BCUT2D eigenvalue weighted by molar-refractivity contribution is -0.132. The van der Waals surface area contributed by atoms with Crippen LogP contribution in [-0.2, 0) is 17.8 Å². The third-order valence-corrected chi connectivity index (χ3v) is 6.16. The van der Waals surface area contributed by atoms with E-state index in [1.165, 1.54) is 41.3 Å². The van der Waals surface area contributed by atoms with Crippen LogP contribution in [0.3, 0.4) is 0 Å². The van der Waals surface area contributed by atoms with Gasteiger partial charge in [0, 0.05) is 42.3 Å². The fourth-order valence-corrected chi connectivity index (χ4v) is 4.26. The summed E-state index contributed by atoms with van der Waals surface area (Å²) in [5.74, 6) is -1.28. The van der Waals surface area contributed by atoms with Crippen LogP contribution in [0.25, 0.3) is 10.9 Å². The number of aromatic nitrogens is 1. The average Bonchev–Trinajstić information content (AvgIpc) is 3.30. The first-order valence-corrected chi connectivity index (χ1v) is 12.1. The molecule has 0 atom stereocenters. The molecule has 0 aliphatic rings. The van der Waals surface area contributed by atoms with E-state index < -0.39 is 5.82 Å². The summed E-state index contributed by atoms with van der Waals surface area (Å²) in [6.07, 6.45) is 3.25. The van der Waals surface area contributed by atoms with Gasteiger partial charge in [-0.15, -0.1) is 0 Å². The molecule has 186 valence electrons. The van der Waals surface area contributed by atoms with Crippen molar-refractivity contribution in [1.82, 2.24) is 14.8 Å². The van der Waals surface area contributed by atoms with Gasteiger partial charge in [-0.1, -0.05) is 37.3 Å². The number of benzene rings is 3. The van der Waals surface area contributed by atoms with Gasteiger partial charge in [0.1, 0.15) is 18.2 Å². The van der Waals surface area contributed by atoms with E-state index in [4.69, 9.17) is 0 Å². The van der Waals surface area contributed by atoms with Crippen LogP contribution in [0.5, 0.6) is 0 Å². The minimum atomic E-state index is -0.424. The average molecular weight is 490 g/mol. The van der Waals surface area contributed by atoms with E-state index in [0.29, 0.717) is 38.0 Å². The SMILES string of the molecule is CCCN(CC(=O)N(CCc1c[nH]c2ccccc12)Cc1ccc(F)cc1)C(=O)c1ccc(F)cc1. The maximum absolute atomic E-state index is 13.5. The second-order valence-corrected chi connectivity index (χ2v) is 8.78. The summed E-state index contributed by atoms with van der Waals surface area (Å²) in [5, 5.41) is 1.10. The zero-order chi connectivity index (χ0) is 25.5. The standard InChI is InChI=1S/C29H29F2N3O2/c1-2-16-34(29(36)22-9-13-25(31)14-10-22)20-28(35)33(19-21-7-11-24(30)12-8-21)17-15-23-18-32-27-6-4-3-5-26(23)27/h3-14,18,32H,2,15-17,19-20H2,1H3. The van der Waals surface area contributed by atoms with Crippen molar-refractivity contribution in [2.45, 2.75) is 26.3 Å². The van der Waals surface area contributed by atoms with E-state index in [9.17, 15) is 18.4 Å². The number of aromatic amines is 1. The minimum Gasteiger partial charge on any atom is -0.361 e. The third kappa shape index (κ3) is 6.16. The van der Waals surface area contributed by atoms with Crippen LogP contribution in [0.2, 0.25) is 0 Å². The Morgan fingerprint density at radius 2 is 1.50 bits per heavy atom. The van der Waals surface area contributed by atoms with Crippen LogP contribution < -0.4 is 0 Å². The van der Waals surface area contributed by atoms with Crippen LogP contribution in [0.1, 0.15) is 34.8 Å². The van der Waals surface area contributed by atoms with E-state index >= 15 is 0 Å². The van der Waals surface area contributed by atoms with E-state index in [0.717, 1.165) is 22.0 Å². The van der Waals surface area contributed by atoms with Crippen LogP contribution in [0.4, 0.5) is 8.78 Å². The molecule has 1 N–H and O–H groups in total. The van der Waals surface area contributed by atoms with Crippen molar-refractivity contribution < 1.29 is 18.4 Å². The highest BCUT2D eigenvalue weighted by atomic mass is 19.1. The van der Waals surface area contributed by atoms with E-state index in [-0.39, 0.29) is 24.2 Å². The molecular weight excluding hydrogens is 460 g/mol. The quantitative estimate of drug-likeness (QED) is 0.317. The second-order valence-electron chi connectivity index (χ2n) is 8.78. The molecule has 0 fully saturated rings. The lowest BCUT2D eigenvalue weighted by Gasteiger charge is -2.28. The maximum atomic E-state index is 13.5. The highest BCUT2D eigenvalue weighted by Crippen LogP contribution is 2.19. The summed E-state index contributed by atoms with van der Waals surface area (Å²) in [5.41, 5.74) is 3.26. The predicted octanol–water partition coefficient (Wildman–Crippen LogP) is 5.57. The number of H-pyrrole nitrogens is 1. The molecule has 1 aromatic heterocycles. The molecule has 0 aliphatic carbocycles. The van der Waals surface area contributed by atoms with E-state index in [2.05, 4.69) is 4.98 Å². The van der Waals surface area contributed by atoms with Crippen molar-refractivity contribution in [3.8, 4) is 0 Å². The zero-order valence-electron chi connectivity index (χ0n) is 20.2. The first kappa shape index (κ1) is 25.1. The summed E-state index contributed by atoms with van der Waals surface area (Å²) in [7, 11) is 0. The Balaban J connectivity index is 1.53. The number of para-hydroxylation sites is 1. The summed E-state index contributed by atoms with van der Waals surface area (Å²) in [6, 6.07) is 19.4. The smallest absolute Gasteiger partial charge is 0.254 e. The van der Waals surface area contributed by atoms with Crippen LogP contribution in [-0.4, -0.2) is 46.2 Å². The first-order chi connectivity index (χ1) is 17.4. The number of amides is 2. The lowest BCUT2D eigenvalue weighted by atomic mass is 10.1. The summed E-state index contributed by atoms with van der Waals surface area (Å²) < 4.78 is 26.8. The van der Waals surface area contributed by atoms with Crippen LogP contribution in [0.15, 0.2) is 79.0 Å². The number of fused-ring (bicyclic) bond motifs is 1. The Morgan fingerprint density at radius 1 is 0.833 bits per heavy atom. The van der Waals surface area contributed by atoms with Gasteiger partial charge in [0.2, 0.25) is 5.91 Å². The molecule has 5 nitrogen and oxygen atoms in total. The molecule has 4 rings (SSSR count). The number of hydrogen-bond acceptors (Lipinski definition) is 2. The van der Waals surface area contributed by atoms with Crippen molar-refractivity contribution in [3.63, 3.8) is 0 Å². The van der Waals surface area contributed by atoms with Gasteiger partial charge in [-0.3, -0.25) is 9.59 Å². The van der Waals surface area contributed by atoms with Crippen LogP contribution in [0, 0.1) is 11.6 Å². The molecule has 0 aliphatic heterocycles. The summed E-state index contributed by atoms with van der Waals surface area (Å²) in [4.78, 5) is 33.0.